The van der Waals surface area contributed by atoms with E-state index in [2.05, 4.69) is 11.6 Å². The van der Waals surface area contributed by atoms with Gasteiger partial charge in [-0.3, -0.25) is 14.2 Å². The van der Waals surface area contributed by atoms with Gasteiger partial charge in [0.1, 0.15) is 12.4 Å². The average molecular weight is 543 g/mol. The highest BCUT2D eigenvalue weighted by Gasteiger charge is 2.33. The number of fused-ring (bicyclic) bond motifs is 1. The fourth-order valence-electron chi connectivity index (χ4n) is 3.75. The first-order chi connectivity index (χ1) is 17.2. The van der Waals surface area contributed by atoms with Gasteiger partial charge < -0.3 is 9.47 Å². The number of thiazole rings is 1. The summed E-state index contributed by atoms with van der Waals surface area (Å²) in [5.41, 5.74) is 1.54. The van der Waals surface area contributed by atoms with Crippen molar-refractivity contribution >= 4 is 52.6 Å². The molecule has 1 aliphatic heterocycles. The Bertz CT molecular complexity index is 1590. The van der Waals surface area contributed by atoms with Crippen LogP contribution >= 0.6 is 34.5 Å². The van der Waals surface area contributed by atoms with Gasteiger partial charge in [-0.1, -0.05) is 65.4 Å². The van der Waals surface area contributed by atoms with E-state index in [9.17, 15) is 14.4 Å². The number of esters is 2. The molecule has 0 saturated heterocycles. The molecule has 2 heterocycles. The van der Waals surface area contributed by atoms with Gasteiger partial charge in [-0.15, -0.1) is 0 Å². The molecule has 4 rings (SSSR count). The standard InChI is InChI=1S/C26H20Cl2N2O5S/c1-4-11-34-25(33)22-14(2)29-26-30(23(22)16-6-9-19(10-7-16)35-15(3)31)24(32)21(36-26)12-17-5-8-18(27)13-20(17)28/h4-10,12-13,23H,1,11H2,2-3H3/b21-12-/t23-/m0/s1. The monoisotopic (exact) mass is 542 g/mol. The highest BCUT2D eigenvalue weighted by Crippen LogP contribution is 2.31. The minimum Gasteiger partial charge on any atom is -0.458 e. The Labute approximate surface area is 220 Å². The van der Waals surface area contributed by atoms with Crippen molar-refractivity contribution in [3.63, 3.8) is 0 Å². The van der Waals surface area contributed by atoms with E-state index in [1.165, 1.54) is 28.9 Å². The van der Waals surface area contributed by atoms with E-state index in [-0.39, 0.29) is 17.7 Å². The van der Waals surface area contributed by atoms with Crippen molar-refractivity contribution in [2.24, 2.45) is 4.99 Å². The Morgan fingerprint density at radius 2 is 1.92 bits per heavy atom. The summed E-state index contributed by atoms with van der Waals surface area (Å²) in [6.07, 6.45) is 3.13. The number of nitrogens with zero attached hydrogens (tertiary/aromatic N) is 2. The van der Waals surface area contributed by atoms with Gasteiger partial charge in [-0.2, -0.15) is 0 Å². The van der Waals surface area contributed by atoms with Crippen LogP contribution < -0.4 is 19.6 Å². The Morgan fingerprint density at radius 3 is 2.56 bits per heavy atom. The minimum absolute atomic E-state index is 0.00715. The summed E-state index contributed by atoms with van der Waals surface area (Å²) in [5, 5.41) is 0.880. The number of aromatic nitrogens is 1. The van der Waals surface area contributed by atoms with Crippen LogP contribution in [0.1, 0.15) is 31.0 Å². The van der Waals surface area contributed by atoms with Crippen LogP contribution in [0, 0.1) is 0 Å². The maximum atomic E-state index is 13.6. The van der Waals surface area contributed by atoms with Crippen molar-refractivity contribution in [1.29, 1.82) is 0 Å². The van der Waals surface area contributed by atoms with E-state index in [0.717, 1.165) is 0 Å². The SMILES string of the molecule is C=CCOC(=O)C1=C(C)N=c2s/c(=C\c3ccc(Cl)cc3Cl)c(=O)n2[C@H]1c1ccc(OC(C)=O)cc1. The number of allylic oxidation sites excluding steroid dienone is 1. The van der Waals surface area contributed by atoms with Crippen LogP contribution in [0.15, 0.2) is 76.2 Å². The third-order valence-electron chi connectivity index (χ3n) is 5.28. The van der Waals surface area contributed by atoms with Gasteiger partial charge >= 0.3 is 11.9 Å². The van der Waals surface area contributed by atoms with Gasteiger partial charge in [0, 0.05) is 17.0 Å². The second-order valence-corrected chi connectivity index (χ2v) is 9.65. The Kier molecular flexibility index (Phi) is 7.59. The number of halogens is 2. The predicted octanol–water partition coefficient (Wildman–Crippen LogP) is 4.20. The van der Waals surface area contributed by atoms with Crippen LogP contribution in [0.3, 0.4) is 0 Å². The Balaban J connectivity index is 1.90. The Hall–Kier alpha value is -3.46. The van der Waals surface area contributed by atoms with Crippen molar-refractivity contribution in [2.75, 3.05) is 6.61 Å². The number of hydrogen-bond acceptors (Lipinski definition) is 7. The van der Waals surface area contributed by atoms with Crippen molar-refractivity contribution in [3.8, 4) is 5.75 Å². The number of carbonyl (C=O) groups excluding carboxylic acids is 2. The van der Waals surface area contributed by atoms with E-state index in [1.54, 1.807) is 55.5 Å². The van der Waals surface area contributed by atoms with Crippen LogP contribution in [0.25, 0.3) is 6.08 Å². The minimum atomic E-state index is -0.812. The molecule has 36 heavy (non-hydrogen) atoms. The summed E-state index contributed by atoms with van der Waals surface area (Å²) in [4.78, 5) is 43.0. The summed E-state index contributed by atoms with van der Waals surface area (Å²) < 4.78 is 12.3. The molecule has 0 saturated carbocycles. The summed E-state index contributed by atoms with van der Waals surface area (Å²) in [6, 6.07) is 10.8. The summed E-state index contributed by atoms with van der Waals surface area (Å²) in [5.74, 6) is -0.728. The van der Waals surface area contributed by atoms with E-state index in [0.29, 0.717) is 42.0 Å². The molecule has 2 aromatic carbocycles. The molecule has 10 heteroatoms. The smallest absolute Gasteiger partial charge is 0.338 e. The second kappa shape index (κ2) is 10.7. The zero-order chi connectivity index (χ0) is 26.0. The number of benzene rings is 2. The Morgan fingerprint density at radius 1 is 1.19 bits per heavy atom. The summed E-state index contributed by atoms with van der Waals surface area (Å²) in [6.45, 7) is 6.58. The fourth-order valence-corrected chi connectivity index (χ4v) is 5.25. The molecular formula is C26H20Cl2N2O5S. The van der Waals surface area contributed by atoms with Gasteiger partial charge in [-0.25, -0.2) is 9.79 Å². The van der Waals surface area contributed by atoms with Crippen molar-refractivity contribution in [1.82, 2.24) is 4.57 Å². The van der Waals surface area contributed by atoms with E-state index in [1.807, 2.05) is 0 Å². The number of hydrogen-bond donors (Lipinski definition) is 0. The van der Waals surface area contributed by atoms with Crippen LogP contribution in [0.4, 0.5) is 0 Å². The molecule has 0 radical (unpaired) electrons. The van der Waals surface area contributed by atoms with E-state index >= 15 is 0 Å². The zero-order valence-corrected chi connectivity index (χ0v) is 21.6. The maximum Gasteiger partial charge on any atom is 0.338 e. The topological polar surface area (TPSA) is 87.0 Å². The van der Waals surface area contributed by atoms with Crippen LogP contribution in [0.2, 0.25) is 10.0 Å². The lowest BCUT2D eigenvalue weighted by Crippen LogP contribution is -2.39. The zero-order valence-electron chi connectivity index (χ0n) is 19.3. The molecule has 0 fully saturated rings. The molecule has 1 atom stereocenters. The van der Waals surface area contributed by atoms with Gasteiger partial charge in [0.2, 0.25) is 0 Å². The maximum absolute atomic E-state index is 13.6. The largest absolute Gasteiger partial charge is 0.458 e. The lowest BCUT2D eigenvalue weighted by Gasteiger charge is -2.24. The molecule has 0 unspecified atom stereocenters. The molecule has 0 aliphatic carbocycles. The van der Waals surface area contributed by atoms with E-state index < -0.39 is 18.0 Å². The number of carbonyl (C=O) groups is 2. The molecule has 0 N–H and O–H groups in total. The lowest BCUT2D eigenvalue weighted by molar-refractivity contribution is -0.138. The number of rotatable bonds is 6. The third-order valence-corrected chi connectivity index (χ3v) is 6.83. The normalized spacial score (nSPS) is 15.2. The molecule has 184 valence electrons. The highest BCUT2D eigenvalue weighted by atomic mass is 35.5. The quantitative estimate of drug-likeness (QED) is 0.264. The molecule has 0 spiro atoms. The first-order valence-electron chi connectivity index (χ1n) is 10.7. The lowest BCUT2D eigenvalue weighted by atomic mass is 9.96. The highest BCUT2D eigenvalue weighted by molar-refractivity contribution is 7.07. The third kappa shape index (κ3) is 5.21. The van der Waals surface area contributed by atoms with E-state index in [4.69, 9.17) is 32.7 Å². The van der Waals surface area contributed by atoms with Crippen molar-refractivity contribution in [3.05, 3.63) is 107 Å². The van der Waals surface area contributed by atoms with Gasteiger partial charge in [0.05, 0.1) is 21.8 Å². The molecular weight excluding hydrogens is 523 g/mol. The van der Waals surface area contributed by atoms with Crippen LogP contribution in [0.5, 0.6) is 5.75 Å². The predicted molar refractivity (Wildman–Crippen MR) is 139 cm³/mol. The van der Waals surface area contributed by atoms with Crippen molar-refractivity contribution < 1.29 is 19.1 Å². The molecule has 1 aromatic heterocycles. The van der Waals surface area contributed by atoms with Gasteiger partial charge in [0.15, 0.2) is 4.80 Å². The molecule has 7 nitrogen and oxygen atoms in total. The summed E-state index contributed by atoms with van der Waals surface area (Å²) in [7, 11) is 0. The summed E-state index contributed by atoms with van der Waals surface area (Å²) >= 11 is 13.5. The average Bonchev–Trinajstić information content (AvgIpc) is 3.13. The van der Waals surface area contributed by atoms with Crippen molar-refractivity contribution in [2.45, 2.75) is 19.9 Å². The number of ether oxygens (including phenoxy) is 2. The molecule has 1 aliphatic rings. The van der Waals surface area contributed by atoms with Gasteiger partial charge in [0.25, 0.3) is 5.56 Å². The first kappa shape index (κ1) is 25.6. The molecule has 0 bridgehead atoms. The second-order valence-electron chi connectivity index (χ2n) is 7.80. The molecule has 0 amide bonds. The fraction of sp³-hybridized carbons (Fsp3) is 0.154. The van der Waals surface area contributed by atoms with Crippen LogP contribution in [-0.2, 0) is 14.3 Å². The molecule has 3 aromatic rings. The first-order valence-corrected chi connectivity index (χ1v) is 12.3. The van der Waals surface area contributed by atoms with Crippen LogP contribution in [-0.4, -0.2) is 23.1 Å². The van der Waals surface area contributed by atoms with Gasteiger partial charge in [-0.05, 0) is 48.4 Å².